The van der Waals surface area contributed by atoms with E-state index in [0.717, 1.165) is 6.42 Å². The minimum Gasteiger partial charge on any atom is -0.354 e. The summed E-state index contributed by atoms with van der Waals surface area (Å²) in [5.74, 6) is -0.417. The van der Waals surface area contributed by atoms with E-state index in [1.54, 1.807) is 6.92 Å². The Hall–Kier alpha value is -0.660. The van der Waals surface area contributed by atoms with E-state index in [1.807, 2.05) is 6.92 Å². The summed E-state index contributed by atoms with van der Waals surface area (Å²) in [6.07, 6.45) is 1.43. The number of rotatable bonds is 8. The summed E-state index contributed by atoms with van der Waals surface area (Å²) in [5, 5.41) is 2.50. The molecule has 96 valence electrons. The molecule has 0 saturated carbocycles. The van der Waals surface area contributed by atoms with E-state index in [1.165, 1.54) is 0 Å². The Morgan fingerprint density at radius 1 is 1.38 bits per heavy atom. The molecule has 0 aliphatic rings. The predicted octanol–water partition coefficient (Wildman–Crippen LogP) is -0.831. The van der Waals surface area contributed by atoms with Crippen LogP contribution in [0.4, 0.5) is 0 Å². The van der Waals surface area contributed by atoms with Crippen molar-refractivity contribution < 1.29 is 13.2 Å². The fourth-order valence-corrected chi connectivity index (χ4v) is 2.13. The standard InChI is InChI=1S/C9H21N3O3S/c1-3-5-8(10)9(13)11-6-7-16(14,15)12-4-2/h8,12H,3-7,10H2,1-2H3,(H,11,13)/t8-/m1/s1. The monoisotopic (exact) mass is 251 g/mol. The molecule has 1 amide bonds. The van der Waals surface area contributed by atoms with Crippen LogP contribution in [0.2, 0.25) is 0 Å². The number of nitrogens with two attached hydrogens (primary N) is 1. The van der Waals surface area contributed by atoms with Crippen LogP contribution in [0.3, 0.4) is 0 Å². The normalized spacial score (nSPS) is 13.4. The quantitative estimate of drug-likeness (QED) is 0.524. The van der Waals surface area contributed by atoms with Gasteiger partial charge < -0.3 is 11.1 Å². The van der Waals surface area contributed by atoms with E-state index in [-0.39, 0.29) is 18.2 Å². The van der Waals surface area contributed by atoms with Gasteiger partial charge in [-0.1, -0.05) is 20.3 Å². The van der Waals surface area contributed by atoms with Gasteiger partial charge in [0.25, 0.3) is 0 Å². The fourth-order valence-electron chi connectivity index (χ4n) is 1.17. The van der Waals surface area contributed by atoms with Gasteiger partial charge in [-0.25, -0.2) is 13.1 Å². The third-order valence-corrected chi connectivity index (χ3v) is 3.44. The number of sulfonamides is 1. The van der Waals surface area contributed by atoms with Gasteiger partial charge in [0.1, 0.15) is 0 Å². The minimum absolute atomic E-state index is 0.0889. The molecule has 0 aromatic heterocycles. The molecule has 0 saturated heterocycles. The molecule has 1 atom stereocenters. The number of hydrogen-bond donors (Lipinski definition) is 3. The highest BCUT2D eigenvalue weighted by molar-refractivity contribution is 7.89. The molecule has 0 spiro atoms. The summed E-state index contributed by atoms with van der Waals surface area (Å²) < 4.78 is 24.8. The van der Waals surface area contributed by atoms with E-state index in [0.29, 0.717) is 13.0 Å². The Morgan fingerprint density at radius 3 is 2.50 bits per heavy atom. The minimum atomic E-state index is -3.27. The fraction of sp³-hybridized carbons (Fsp3) is 0.889. The third-order valence-electron chi connectivity index (χ3n) is 1.97. The topological polar surface area (TPSA) is 101 Å². The molecule has 0 radical (unpaired) electrons. The number of carbonyl (C=O) groups is 1. The van der Waals surface area contributed by atoms with Gasteiger partial charge in [-0.3, -0.25) is 4.79 Å². The summed E-state index contributed by atoms with van der Waals surface area (Å²) in [7, 11) is -3.27. The van der Waals surface area contributed by atoms with Gasteiger partial charge in [0, 0.05) is 13.1 Å². The van der Waals surface area contributed by atoms with Crippen molar-refractivity contribution in [3.05, 3.63) is 0 Å². The van der Waals surface area contributed by atoms with E-state index in [2.05, 4.69) is 10.0 Å². The lowest BCUT2D eigenvalue weighted by atomic mass is 10.2. The summed E-state index contributed by atoms with van der Waals surface area (Å²) in [6, 6.07) is -0.549. The molecule has 6 nitrogen and oxygen atoms in total. The van der Waals surface area contributed by atoms with Crippen molar-refractivity contribution >= 4 is 15.9 Å². The second-order valence-corrected chi connectivity index (χ2v) is 5.43. The zero-order chi connectivity index (χ0) is 12.6. The van der Waals surface area contributed by atoms with Gasteiger partial charge in [-0.05, 0) is 6.42 Å². The molecule has 4 N–H and O–H groups in total. The molecule has 0 fully saturated rings. The Morgan fingerprint density at radius 2 is 2.00 bits per heavy atom. The zero-order valence-corrected chi connectivity index (χ0v) is 10.6. The van der Waals surface area contributed by atoms with Gasteiger partial charge >= 0.3 is 0 Å². The van der Waals surface area contributed by atoms with Crippen LogP contribution in [0.1, 0.15) is 26.7 Å². The van der Waals surface area contributed by atoms with Crippen molar-refractivity contribution in [1.29, 1.82) is 0 Å². The molecule has 7 heteroatoms. The molecule has 0 aliphatic heterocycles. The summed E-state index contributed by atoms with van der Waals surface area (Å²) >= 11 is 0. The smallest absolute Gasteiger partial charge is 0.236 e. The van der Waals surface area contributed by atoms with Crippen molar-refractivity contribution in [1.82, 2.24) is 10.0 Å². The van der Waals surface area contributed by atoms with Crippen LogP contribution in [0.15, 0.2) is 0 Å². The van der Waals surface area contributed by atoms with Crippen LogP contribution >= 0.6 is 0 Å². The first kappa shape index (κ1) is 15.3. The molecule has 16 heavy (non-hydrogen) atoms. The highest BCUT2D eigenvalue weighted by Crippen LogP contribution is 1.92. The lowest BCUT2D eigenvalue weighted by Crippen LogP contribution is -2.43. The van der Waals surface area contributed by atoms with Crippen LogP contribution in [0, 0.1) is 0 Å². The molecule has 0 rings (SSSR count). The van der Waals surface area contributed by atoms with Gasteiger partial charge in [0.2, 0.25) is 15.9 Å². The van der Waals surface area contributed by atoms with Gasteiger partial charge in [0.15, 0.2) is 0 Å². The predicted molar refractivity (Wildman–Crippen MR) is 63.4 cm³/mol. The lowest BCUT2D eigenvalue weighted by molar-refractivity contribution is -0.122. The highest BCUT2D eigenvalue weighted by Gasteiger charge is 2.13. The molecule has 0 aromatic rings. The number of hydrogen-bond acceptors (Lipinski definition) is 4. The van der Waals surface area contributed by atoms with Crippen molar-refractivity contribution in [2.24, 2.45) is 5.73 Å². The second kappa shape index (κ2) is 7.59. The van der Waals surface area contributed by atoms with Crippen molar-refractivity contribution in [2.45, 2.75) is 32.7 Å². The maximum absolute atomic E-state index is 11.3. The summed E-state index contributed by atoms with van der Waals surface area (Å²) in [6.45, 7) is 4.08. The van der Waals surface area contributed by atoms with Gasteiger partial charge in [0.05, 0.1) is 11.8 Å². The van der Waals surface area contributed by atoms with Crippen LogP contribution < -0.4 is 15.8 Å². The van der Waals surface area contributed by atoms with Crippen molar-refractivity contribution in [3.8, 4) is 0 Å². The SMILES string of the molecule is CCC[C@@H](N)C(=O)NCCS(=O)(=O)NCC. The maximum atomic E-state index is 11.3. The van der Waals surface area contributed by atoms with Gasteiger partial charge in [-0.2, -0.15) is 0 Å². The Labute approximate surface area is 97.0 Å². The van der Waals surface area contributed by atoms with Crippen molar-refractivity contribution in [3.63, 3.8) is 0 Å². The number of amides is 1. The number of nitrogens with one attached hydrogen (secondary N) is 2. The molecular weight excluding hydrogens is 230 g/mol. The molecule has 0 unspecified atom stereocenters. The van der Waals surface area contributed by atoms with E-state index in [9.17, 15) is 13.2 Å². The lowest BCUT2D eigenvalue weighted by Gasteiger charge is -2.11. The summed E-state index contributed by atoms with van der Waals surface area (Å²) in [5.41, 5.74) is 5.56. The zero-order valence-electron chi connectivity index (χ0n) is 9.82. The van der Waals surface area contributed by atoms with Gasteiger partial charge in [-0.15, -0.1) is 0 Å². The molecule has 0 aromatic carbocycles. The Kier molecular flexibility index (Phi) is 7.27. The summed E-state index contributed by atoms with van der Waals surface area (Å²) in [4.78, 5) is 11.3. The average molecular weight is 251 g/mol. The average Bonchev–Trinajstić information content (AvgIpc) is 2.17. The molecule has 0 aliphatic carbocycles. The van der Waals surface area contributed by atoms with E-state index < -0.39 is 16.1 Å². The first-order chi connectivity index (χ1) is 7.43. The first-order valence-corrected chi connectivity index (χ1v) is 7.08. The second-order valence-electron chi connectivity index (χ2n) is 3.50. The van der Waals surface area contributed by atoms with Crippen LogP contribution in [-0.2, 0) is 14.8 Å². The van der Waals surface area contributed by atoms with Crippen LogP contribution in [0.25, 0.3) is 0 Å². The maximum Gasteiger partial charge on any atom is 0.236 e. The largest absolute Gasteiger partial charge is 0.354 e. The Balaban J connectivity index is 3.86. The van der Waals surface area contributed by atoms with Crippen LogP contribution in [0.5, 0.6) is 0 Å². The van der Waals surface area contributed by atoms with Crippen molar-refractivity contribution in [2.75, 3.05) is 18.8 Å². The molecule has 0 heterocycles. The van der Waals surface area contributed by atoms with E-state index >= 15 is 0 Å². The number of carbonyl (C=O) groups excluding carboxylic acids is 1. The molecule has 0 bridgehead atoms. The Bertz CT molecular complexity index is 303. The van der Waals surface area contributed by atoms with Crippen LogP contribution in [-0.4, -0.2) is 39.2 Å². The van der Waals surface area contributed by atoms with E-state index in [4.69, 9.17) is 5.73 Å². The highest BCUT2D eigenvalue weighted by atomic mass is 32.2. The molecular formula is C9H21N3O3S. The first-order valence-electron chi connectivity index (χ1n) is 5.43. The third kappa shape index (κ3) is 6.76.